The molecule has 0 unspecified atom stereocenters. The molecule has 53 heavy (non-hydrogen) atoms. The molecule has 1 amide bonds. The Kier molecular flexibility index (Phi) is 17.9. The third-order valence-corrected chi connectivity index (χ3v) is 11.6. The van der Waals surface area contributed by atoms with Crippen LogP contribution >= 0.6 is 0 Å². The average molecular weight is 737 g/mol. The molecule has 0 radical (unpaired) electrons. The van der Waals surface area contributed by atoms with Gasteiger partial charge in [0.2, 0.25) is 11.7 Å². The van der Waals surface area contributed by atoms with E-state index < -0.39 is 11.8 Å². The van der Waals surface area contributed by atoms with Crippen LogP contribution in [0.2, 0.25) is 0 Å². The van der Waals surface area contributed by atoms with E-state index in [0.29, 0.717) is 25.9 Å². The van der Waals surface area contributed by atoms with Gasteiger partial charge < -0.3 is 34.2 Å². The fourth-order valence-corrected chi connectivity index (χ4v) is 9.02. The number of aliphatic hydroxyl groups excluding tert-OH is 2. The van der Waals surface area contributed by atoms with Crippen LogP contribution in [0, 0.1) is 17.8 Å². The van der Waals surface area contributed by atoms with Crippen LogP contribution in [-0.2, 0) is 14.4 Å². The van der Waals surface area contributed by atoms with Crippen LogP contribution in [0.5, 0.6) is 11.5 Å². The minimum atomic E-state index is -1.22. The van der Waals surface area contributed by atoms with Gasteiger partial charge in [-0.2, -0.15) is 0 Å². The number of rotatable bonds is 26. The van der Waals surface area contributed by atoms with Gasteiger partial charge in [-0.3, -0.25) is 4.79 Å². The predicted molar refractivity (Wildman–Crippen MR) is 212 cm³/mol. The highest BCUT2D eigenvalue weighted by molar-refractivity contribution is 6.03. The Hall–Kier alpha value is -3.14. The van der Waals surface area contributed by atoms with E-state index in [1.807, 2.05) is 24.1 Å². The summed E-state index contributed by atoms with van der Waals surface area (Å²) >= 11 is 0. The number of hydrogen-bond donors (Lipinski definition) is 2. The largest absolute Gasteiger partial charge is 0.490 e. The number of likely N-dealkylation sites (N-methyl/N-ethyl adjacent to an activating group) is 1. The molecule has 9 nitrogen and oxygen atoms in total. The fraction of sp³-hybridized carbons (Fsp3) is 0.682. The maximum absolute atomic E-state index is 14.1. The maximum atomic E-state index is 14.1. The summed E-state index contributed by atoms with van der Waals surface area (Å²) in [6.07, 6.45) is 22.4. The van der Waals surface area contributed by atoms with Crippen molar-refractivity contribution in [1.82, 2.24) is 4.90 Å². The number of hydrogen-bond acceptors (Lipinski definition) is 8. The smallest absolute Gasteiger partial charge is 0.239 e. The van der Waals surface area contributed by atoms with Gasteiger partial charge in [0.25, 0.3) is 0 Å². The second kappa shape index (κ2) is 22.3. The van der Waals surface area contributed by atoms with Crippen LogP contribution in [0.25, 0.3) is 0 Å². The van der Waals surface area contributed by atoms with Crippen molar-refractivity contribution in [3.63, 3.8) is 0 Å². The van der Waals surface area contributed by atoms with Crippen LogP contribution in [0.15, 0.2) is 60.3 Å². The van der Waals surface area contributed by atoms with E-state index in [1.54, 1.807) is 19.3 Å². The number of fused-ring (bicyclic) bond motifs is 2. The summed E-state index contributed by atoms with van der Waals surface area (Å²) in [6.45, 7) is 11.0. The third-order valence-electron chi connectivity index (χ3n) is 11.6. The molecule has 2 aliphatic carbocycles. The number of carbonyl (C=O) groups is 1. The summed E-state index contributed by atoms with van der Waals surface area (Å²) in [4.78, 5) is 21.5. The molecule has 0 spiro atoms. The Balaban J connectivity index is 1.77. The first kappa shape index (κ1) is 42.6. The lowest BCUT2D eigenvalue weighted by Crippen LogP contribution is -2.69. The molecule has 296 valence electrons. The summed E-state index contributed by atoms with van der Waals surface area (Å²) in [7, 11) is 3.46. The lowest BCUT2D eigenvalue weighted by Gasteiger charge is -2.59. The third kappa shape index (κ3) is 10.8. The standard InChI is InChI=1S/C44H68N2O7/c1-6-9-10-11-12-13-14-15-16-23-41(49)46(4)40-32-38(45-50-5)36-30-33(21-17-19-26-47)35(22-18-20-27-48)42-37-31-34(51-28-7-2)24-25-39(37)53-44(40,43(36)42)52-29-8-3/h7-8,24-25,30-31,33,35,40,42-43,47-48H,2-3,6,9-23,26-29,32H2,1,4-5H3/t33-,35+,40-,42+,43+,44+/m0/s1. The molecule has 1 saturated carbocycles. The Morgan fingerprint density at radius 1 is 0.962 bits per heavy atom. The Morgan fingerprint density at radius 2 is 1.64 bits per heavy atom. The number of amides is 1. The van der Waals surface area contributed by atoms with Gasteiger partial charge in [0, 0.05) is 44.6 Å². The summed E-state index contributed by atoms with van der Waals surface area (Å²) in [5.74, 6) is 0.279. The minimum absolute atomic E-state index is 0.0695. The molecule has 0 aromatic heterocycles. The number of aliphatic hydroxyl groups is 2. The molecule has 1 aromatic rings. The first-order valence-electron chi connectivity index (χ1n) is 20.5. The molecule has 1 heterocycles. The number of ether oxygens (including phenoxy) is 3. The van der Waals surface area contributed by atoms with Gasteiger partial charge in [-0.1, -0.05) is 101 Å². The number of oxime groups is 1. The Bertz CT molecular complexity index is 1360. The van der Waals surface area contributed by atoms with E-state index >= 15 is 0 Å². The van der Waals surface area contributed by atoms with Crippen LogP contribution in [0.4, 0.5) is 0 Å². The molecule has 9 heteroatoms. The normalized spacial score (nSPS) is 25.1. The second-order valence-corrected chi connectivity index (χ2v) is 15.1. The van der Waals surface area contributed by atoms with Gasteiger partial charge in [0.15, 0.2) is 0 Å². The van der Waals surface area contributed by atoms with Crippen LogP contribution in [0.3, 0.4) is 0 Å². The Morgan fingerprint density at radius 3 is 2.30 bits per heavy atom. The predicted octanol–water partition coefficient (Wildman–Crippen LogP) is 8.89. The lowest BCUT2D eigenvalue weighted by molar-refractivity contribution is -0.255. The zero-order chi connectivity index (χ0) is 38.1. The van der Waals surface area contributed by atoms with Crippen molar-refractivity contribution < 1.29 is 34.1 Å². The molecule has 3 aliphatic rings. The minimum Gasteiger partial charge on any atom is -0.490 e. The van der Waals surface area contributed by atoms with E-state index in [-0.39, 0.29) is 49.4 Å². The molecule has 0 saturated heterocycles. The molecular formula is C44H68N2O7. The molecule has 0 bridgehead atoms. The molecular weight excluding hydrogens is 668 g/mol. The topological polar surface area (TPSA) is 110 Å². The van der Waals surface area contributed by atoms with E-state index in [1.165, 1.54) is 38.5 Å². The van der Waals surface area contributed by atoms with E-state index in [4.69, 9.17) is 19.0 Å². The zero-order valence-corrected chi connectivity index (χ0v) is 32.9. The summed E-state index contributed by atoms with van der Waals surface area (Å²) in [5.41, 5.74) is 2.88. The lowest BCUT2D eigenvalue weighted by atomic mass is 9.55. The van der Waals surface area contributed by atoms with Gasteiger partial charge in [-0.25, -0.2) is 0 Å². The molecule has 6 atom stereocenters. The van der Waals surface area contributed by atoms with Gasteiger partial charge in [-0.05, 0) is 67.7 Å². The highest BCUT2D eigenvalue weighted by Crippen LogP contribution is 2.61. The second-order valence-electron chi connectivity index (χ2n) is 15.1. The average Bonchev–Trinajstić information content (AvgIpc) is 3.17. The van der Waals surface area contributed by atoms with Crippen molar-refractivity contribution in [2.24, 2.45) is 22.9 Å². The van der Waals surface area contributed by atoms with E-state index in [9.17, 15) is 15.0 Å². The van der Waals surface area contributed by atoms with Crippen molar-refractivity contribution in [2.45, 2.75) is 134 Å². The van der Waals surface area contributed by atoms with Gasteiger partial charge >= 0.3 is 0 Å². The molecule has 4 rings (SSSR count). The van der Waals surface area contributed by atoms with Gasteiger partial charge in [0.05, 0.1) is 18.2 Å². The fourth-order valence-electron chi connectivity index (χ4n) is 9.02. The number of allylic oxidation sites excluding steroid dienone is 1. The highest BCUT2D eigenvalue weighted by Gasteiger charge is 2.65. The molecule has 1 aromatic carbocycles. The van der Waals surface area contributed by atoms with Crippen LogP contribution in [0.1, 0.15) is 128 Å². The van der Waals surface area contributed by atoms with Crippen molar-refractivity contribution in [3.05, 3.63) is 60.7 Å². The molecule has 1 aliphatic heterocycles. The number of carbonyl (C=O) groups excluding carboxylic acids is 1. The Labute approximate surface area is 319 Å². The van der Waals surface area contributed by atoms with Crippen molar-refractivity contribution in [3.8, 4) is 11.5 Å². The van der Waals surface area contributed by atoms with Gasteiger partial charge in [-0.15, -0.1) is 6.58 Å². The van der Waals surface area contributed by atoms with Crippen LogP contribution in [-0.4, -0.2) is 79.1 Å². The van der Waals surface area contributed by atoms with Gasteiger partial charge in [0.1, 0.15) is 31.3 Å². The zero-order valence-electron chi connectivity index (χ0n) is 32.9. The summed E-state index contributed by atoms with van der Waals surface area (Å²) in [6, 6.07) is 5.52. The summed E-state index contributed by atoms with van der Waals surface area (Å²) < 4.78 is 20.2. The number of nitrogens with zero attached hydrogens (tertiary/aromatic N) is 2. The van der Waals surface area contributed by atoms with Crippen molar-refractivity contribution in [1.29, 1.82) is 0 Å². The monoisotopic (exact) mass is 737 g/mol. The highest BCUT2D eigenvalue weighted by atomic mass is 16.7. The van der Waals surface area contributed by atoms with Crippen molar-refractivity contribution >= 4 is 11.6 Å². The first-order valence-corrected chi connectivity index (χ1v) is 20.5. The van der Waals surface area contributed by atoms with Crippen molar-refractivity contribution in [2.75, 3.05) is 40.6 Å². The molecule has 2 N–H and O–H groups in total. The maximum Gasteiger partial charge on any atom is 0.239 e. The molecule has 1 fully saturated rings. The number of unbranched alkanes of at least 4 members (excludes halogenated alkanes) is 10. The quantitative estimate of drug-likeness (QED) is 0.0556. The first-order chi connectivity index (χ1) is 25.9. The SMILES string of the molecule is C=CCOc1ccc2c(c1)[C@H]1[C@H](CCCCO)[C@@H](CCCCO)C=C3C(=NOC)C[C@H](N(C)C(=O)CCCCCCCCCCC)[C@@](OCC=C)(O2)[C@H]31. The van der Waals surface area contributed by atoms with Crippen LogP contribution < -0.4 is 9.47 Å². The van der Waals surface area contributed by atoms with E-state index in [0.717, 1.165) is 79.7 Å². The summed E-state index contributed by atoms with van der Waals surface area (Å²) in [5, 5.41) is 24.2. The van der Waals surface area contributed by atoms with E-state index in [2.05, 4.69) is 37.4 Å². The number of benzene rings is 1.